The number of quaternary nitrogens is 1. The van der Waals surface area contributed by atoms with Crippen LogP contribution >= 0.6 is 46.8 Å². The van der Waals surface area contributed by atoms with Crippen molar-refractivity contribution in [3.8, 4) is 0 Å². The van der Waals surface area contributed by atoms with Gasteiger partial charge in [0.05, 0.1) is 11.9 Å². The van der Waals surface area contributed by atoms with Gasteiger partial charge in [0, 0.05) is 6.26 Å². The number of hydrogen-bond donors (Lipinski definition) is 1. The van der Waals surface area contributed by atoms with E-state index in [1.807, 2.05) is 27.0 Å². The van der Waals surface area contributed by atoms with Crippen molar-refractivity contribution in [2.75, 3.05) is 12.9 Å². The monoisotopic (exact) mass is 294 g/mol. The molecule has 0 aromatic heterocycles. The third kappa shape index (κ3) is 6.74. The highest BCUT2D eigenvalue weighted by Crippen LogP contribution is 2.25. The van der Waals surface area contributed by atoms with Gasteiger partial charge in [-0.2, -0.15) is 9.10 Å². The molecule has 15 heavy (non-hydrogen) atoms. The lowest BCUT2D eigenvalue weighted by Gasteiger charge is -2.25. The lowest BCUT2D eigenvalue weighted by Crippen LogP contribution is -3.15. The Morgan fingerprint density at radius 2 is 1.80 bits per heavy atom. The minimum atomic E-state index is -1.56. The van der Waals surface area contributed by atoms with Gasteiger partial charge in [-0.15, -0.1) is 0 Å². The molecule has 0 heterocycles. The molecule has 0 aliphatic carbocycles. The van der Waals surface area contributed by atoms with Crippen LogP contribution in [0.25, 0.3) is 0 Å². The van der Waals surface area contributed by atoms with Crippen LogP contribution in [0.15, 0.2) is 0 Å². The van der Waals surface area contributed by atoms with Gasteiger partial charge in [-0.05, 0) is 20.8 Å². The molecule has 0 rings (SSSR count). The maximum absolute atomic E-state index is 11.6. The summed E-state index contributed by atoms with van der Waals surface area (Å²) in [7, 11) is 0. The molecule has 0 aliphatic rings. The average Bonchev–Trinajstić information content (AvgIpc) is 1.98. The van der Waals surface area contributed by atoms with Gasteiger partial charge in [-0.1, -0.05) is 34.8 Å². The summed E-state index contributed by atoms with van der Waals surface area (Å²) in [4.78, 5) is 11.6. The molecule has 0 radical (unpaired) electrons. The number of hydrogen-bond acceptors (Lipinski definition) is 3. The number of alkyl halides is 3. The standard InChI is InChI=1S/C8H14Cl3NO2S/c1-7(2,3)12(15-4)6(13)14-5-8(9,10)11/h5H2,1-4H3/p+1. The summed E-state index contributed by atoms with van der Waals surface area (Å²) in [5.74, 6) is 0. The van der Waals surface area contributed by atoms with E-state index in [-0.39, 0.29) is 12.1 Å². The predicted octanol–water partition coefficient (Wildman–Crippen LogP) is 2.45. The normalized spacial score (nSPS) is 14.9. The van der Waals surface area contributed by atoms with Gasteiger partial charge < -0.3 is 4.74 Å². The Balaban J connectivity index is 4.31. The van der Waals surface area contributed by atoms with Crippen molar-refractivity contribution in [3.63, 3.8) is 0 Å². The van der Waals surface area contributed by atoms with Gasteiger partial charge in [-0.3, -0.25) is 0 Å². The maximum atomic E-state index is 11.6. The van der Waals surface area contributed by atoms with Crippen molar-refractivity contribution in [1.82, 2.24) is 0 Å². The summed E-state index contributed by atoms with van der Waals surface area (Å²) < 4.78 is 3.94. The van der Waals surface area contributed by atoms with Gasteiger partial charge in [0.25, 0.3) is 0 Å². The quantitative estimate of drug-likeness (QED) is 0.627. The van der Waals surface area contributed by atoms with Crippen LogP contribution in [-0.4, -0.2) is 28.3 Å². The van der Waals surface area contributed by atoms with Gasteiger partial charge >= 0.3 is 6.09 Å². The third-order valence-electron chi connectivity index (χ3n) is 1.44. The van der Waals surface area contributed by atoms with Crippen LogP contribution in [0.1, 0.15) is 20.8 Å². The maximum Gasteiger partial charge on any atom is 0.526 e. The molecule has 90 valence electrons. The summed E-state index contributed by atoms with van der Waals surface area (Å²) in [6, 6.07) is 0. The zero-order valence-corrected chi connectivity index (χ0v) is 12.2. The zero-order chi connectivity index (χ0) is 12.3. The molecule has 1 unspecified atom stereocenters. The Morgan fingerprint density at radius 3 is 2.07 bits per heavy atom. The molecule has 3 nitrogen and oxygen atoms in total. The van der Waals surface area contributed by atoms with Crippen LogP contribution in [0.5, 0.6) is 0 Å². The first-order valence-electron chi connectivity index (χ1n) is 4.23. The van der Waals surface area contributed by atoms with E-state index in [9.17, 15) is 4.79 Å². The second-order valence-electron chi connectivity index (χ2n) is 3.97. The van der Waals surface area contributed by atoms with E-state index < -0.39 is 9.89 Å². The van der Waals surface area contributed by atoms with Crippen LogP contribution in [-0.2, 0) is 4.74 Å². The van der Waals surface area contributed by atoms with Crippen molar-refractivity contribution in [2.24, 2.45) is 0 Å². The van der Waals surface area contributed by atoms with Gasteiger partial charge in [0.15, 0.2) is 0 Å². The van der Waals surface area contributed by atoms with Crippen LogP contribution in [0.2, 0.25) is 0 Å². The van der Waals surface area contributed by atoms with E-state index in [0.717, 1.165) is 0 Å². The molecule has 0 aromatic rings. The third-order valence-corrected chi connectivity index (χ3v) is 2.95. The Bertz CT molecular complexity index is 225. The number of amides is 1. The topological polar surface area (TPSA) is 30.7 Å². The largest absolute Gasteiger partial charge is 0.526 e. The van der Waals surface area contributed by atoms with E-state index in [4.69, 9.17) is 39.5 Å². The fraction of sp³-hybridized carbons (Fsp3) is 0.875. The van der Waals surface area contributed by atoms with Crippen molar-refractivity contribution in [1.29, 1.82) is 0 Å². The highest BCUT2D eigenvalue weighted by Gasteiger charge is 2.35. The summed E-state index contributed by atoms with van der Waals surface area (Å²) >= 11 is 17.8. The summed E-state index contributed by atoms with van der Waals surface area (Å²) in [5, 5.41) is 0. The van der Waals surface area contributed by atoms with E-state index >= 15 is 0 Å². The second kappa shape index (κ2) is 5.82. The molecule has 0 spiro atoms. The van der Waals surface area contributed by atoms with E-state index in [1.165, 1.54) is 11.9 Å². The number of carbonyl (C=O) groups excluding carboxylic acids is 1. The summed E-state index contributed by atoms with van der Waals surface area (Å²) in [6.07, 6.45) is 1.39. The molecule has 1 amide bonds. The Labute approximate surface area is 109 Å². The molecule has 0 saturated heterocycles. The first kappa shape index (κ1) is 15.7. The first-order chi connectivity index (χ1) is 6.58. The van der Waals surface area contributed by atoms with Crippen LogP contribution in [0, 0.1) is 0 Å². The number of ether oxygens (including phenoxy) is 1. The van der Waals surface area contributed by atoms with Gasteiger partial charge in [0.1, 0.15) is 12.1 Å². The van der Waals surface area contributed by atoms with E-state index in [2.05, 4.69) is 0 Å². The van der Waals surface area contributed by atoms with E-state index in [0.29, 0.717) is 4.31 Å². The lowest BCUT2D eigenvalue weighted by atomic mass is 10.1. The highest BCUT2D eigenvalue weighted by molar-refractivity contribution is 7.92. The first-order valence-corrected chi connectivity index (χ1v) is 6.59. The van der Waals surface area contributed by atoms with Crippen LogP contribution < -0.4 is 4.31 Å². The Kier molecular flexibility index (Phi) is 6.08. The molecule has 1 atom stereocenters. The molecule has 1 N–H and O–H groups in total. The van der Waals surface area contributed by atoms with Gasteiger partial charge in [0.2, 0.25) is 3.79 Å². The summed E-state index contributed by atoms with van der Waals surface area (Å²) in [6.45, 7) is 5.54. The minimum absolute atomic E-state index is 0.239. The fourth-order valence-corrected chi connectivity index (χ4v) is 1.91. The molecule has 0 aromatic carbocycles. The molecule has 0 aliphatic heterocycles. The molecule has 0 bridgehead atoms. The second-order valence-corrected chi connectivity index (χ2v) is 7.31. The number of rotatable bonds is 2. The Hall–Kier alpha value is 0.650. The number of halogens is 3. The predicted molar refractivity (Wildman–Crippen MR) is 65.9 cm³/mol. The average molecular weight is 296 g/mol. The van der Waals surface area contributed by atoms with Crippen LogP contribution in [0.4, 0.5) is 4.79 Å². The summed E-state index contributed by atoms with van der Waals surface area (Å²) in [5.41, 5.74) is -0.260. The molecule has 7 heteroatoms. The zero-order valence-electron chi connectivity index (χ0n) is 9.07. The van der Waals surface area contributed by atoms with E-state index in [1.54, 1.807) is 0 Å². The molecule has 0 fully saturated rings. The van der Waals surface area contributed by atoms with Crippen LogP contribution in [0.3, 0.4) is 0 Å². The number of alkyl carbamates (subject to hydrolysis) is 1. The SMILES string of the molecule is CS[NH+](C(=O)OCC(Cl)(Cl)Cl)C(C)(C)C. The lowest BCUT2D eigenvalue weighted by molar-refractivity contribution is -0.733. The minimum Gasteiger partial charge on any atom is -0.415 e. The van der Waals surface area contributed by atoms with Crippen molar-refractivity contribution in [3.05, 3.63) is 0 Å². The molecular formula is C8H15Cl3NO2S+. The van der Waals surface area contributed by atoms with Gasteiger partial charge in [-0.25, -0.2) is 0 Å². The highest BCUT2D eigenvalue weighted by atomic mass is 35.6. The van der Waals surface area contributed by atoms with Crippen molar-refractivity contribution < 1.29 is 13.8 Å². The smallest absolute Gasteiger partial charge is 0.415 e. The molecule has 0 saturated carbocycles. The van der Waals surface area contributed by atoms with Crippen molar-refractivity contribution in [2.45, 2.75) is 30.1 Å². The number of carbonyl (C=O) groups is 1. The molecular weight excluding hydrogens is 281 g/mol. The van der Waals surface area contributed by atoms with Crippen molar-refractivity contribution >= 4 is 52.8 Å². The Morgan fingerprint density at radius 1 is 1.33 bits per heavy atom. The number of nitrogens with one attached hydrogen (secondary N) is 1. The fourth-order valence-electron chi connectivity index (χ4n) is 0.909.